The molecule has 2 rings (SSSR count). The van der Waals surface area contributed by atoms with Crippen LogP contribution in [0.3, 0.4) is 0 Å². The van der Waals surface area contributed by atoms with Crippen LogP contribution in [-0.4, -0.2) is 50.7 Å². The summed E-state index contributed by atoms with van der Waals surface area (Å²) in [7, 11) is -3.66. The minimum atomic E-state index is -3.66. The molecule has 0 saturated heterocycles. The SMILES string of the molecule is CCN(CC)S(=O)(=O)c1cccc(C(=O)NCC(=O)NCC(C)c2ccccc2)c1. The third kappa shape index (κ3) is 6.14. The fourth-order valence-corrected chi connectivity index (χ4v) is 4.51. The fraction of sp³-hybridized carbons (Fsp3) is 0.364. The van der Waals surface area contributed by atoms with Gasteiger partial charge in [-0.2, -0.15) is 4.31 Å². The average Bonchev–Trinajstić information content (AvgIpc) is 2.77. The van der Waals surface area contributed by atoms with Gasteiger partial charge in [-0.1, -0.05) is 57.2 Å². The van der Waals surface area contributed by atoms with Gasteiger partial charge >= 0.3 is 0 Å². The smallest absolute Gasteiger partial charge is 0.251 e. The van der Waals surface area contributed by atoms with E-state index in [9.17, 15) is 18.0 Å². The third-order valence-electron chi connectivity index (χ3n) is 4.82. The van der Waals surface area contributed by atoms with Gasteiger partial charge in [-0.3, -0.25) is 9.59 Å². The van der Waals surface area contributed by atoms with E-state index in [4.69, 9.17) is 0 Å². The minimum Gasteiger partial charge on any atom is -0.354 e. The number of nitrogens with zero attached hydrogens (tertiary/aromatic N) is 1. The van der Waals surface area contributed by atoms with Crippen molar-refractivity contribution in [3.05, 3.63) is 65.7 Å². The molecule has 2 amide bonds. The third-order valence-corrected chi connectivity index (χ3v) is 6.87. The maximum atomic E-state index is 12.6. The maximum absolute atomic E-state index is 12.6. The van der Waals surface area contributed by atoms with Gasteiger partial charge in [0, 0.05) is 25.2 Å². The average molecular weight is 432 g/mol. The number of benzene rings is 2. The summed E-state index contributed by atoms with van der Waals surface area (Å²) in [6, 6.07) is 15.7. The van der Waals surface area contributed by atoms with Crippen LogP contribution in [0.4, 0.5) is 0 Å². The number of rotatable bonds is 10. The predicted molar refractivity (Wildman–Crippen MR) is 117 cm³/mol. The van der Waals surface area contributed by atoms with E-state index in [2.05, 4.69) is 10.6 Å². The molecule has 162 valence electrons. The van der Waals surface area contributed by atoms with Crippen molar-refractivity contribution in [1.29, 1.82) is 0 Å². The van der Waals surface area contributed by atoms with Crippen LogP contribution < -0.4 is 10.6 Å². The normalized spacial score (nSPS) is 12.4. The van der Waals surface area contributed by atoms with E-state index in [0.29, 0.717) is 19.6 Å². The monoisotopic (exact) mass is 431 g/mol. The topological polar surface area (TPSA) is 95.6 Å². The van der Waals surface area contributed by atoms with Crippen LogP contribution >= 0.6 is 0 Å². The van der Waals surface area contributed by atoms with Crippen LogP contribution in [0.1, 0.15) is 42.6 Å². The molecule has 0 spiro atoms. The maximum Gasteiger partial charge on any atom is 0.251 e. The number of hydrogen-bond acceptors (Lipinski definition) is 4. The highest BCUT2D eigenvalue weighted by Crippen LogP contribution is 2.17. The van der Waals surface area contributed by atoms with Crippen molar-refractivity contribution in [2.24, 2.45) is 0 Å². The lowest BCUT2D eigenvalue weighted by atomic mass is 10.0. The molecule has 0 aliphatic heterocycles. The van der Waals surface area contributed by atoms with Gasteiger partial charge in [0.05, 0.1) is 11.4 Å². The van der Waals surface area contributed by atoms with Crippen LogP contribution in [0, 0.1) is 0 Å². The second-order valence-corrected chi connectivity index (χ2v) is 8.85. The van der Waals surface area contributed by atoms with Crippen molar-refractivity contribution in [1.82, 2.24) is 14.9 Å². The number of hydrogen-bond donors (Lipinski definition) is 2. The lowest BCUT2D eigenvalue weighted by Crippen LogP contribution is -2.38. The number of carbonyl (C=O) groups excluding carboxylic acids is 2. The molecule has 1 unspecified atom stereocenters. The van der Waals surface area contributed by atoms with Crippen LogP contribution in [-0.2, 0) is 14.8 Å². The van der Waals surface area contributed by atoms with Crippen LogP contribution in [0.15, 0.2) is 59.5 Å². The summed E-state index contributed by atoms with van der Waals surface area (Å²) >= 11 is 0. The zero-order valence-electron chi connectivity index (χ0n) is 17.6. The van der Waals surface area contributed by atoms with Gasteiger partial charge in [0.1, 0.15) is 0 Å². The standard InChI is InChI=1S/C22H29N3O4S/c1-4-25(5-2)30(28,29)20-13-9-12-19(14-20)22(27)24-16-21(26)23-15-17(3)18-10-7-6-8-11-18/h6-14,17H,4-5,15-16H2,1-3H3,(H,23,26)(H,24,27). The molecule has 7 nitrogen and oxygen atoms in total. The number of nitrogens with one attached hydrogen (secondary N) is 2. The molecule has 0 fully saturated rings. The van der Waals surface area contributed by atoms with Gasteiger partial charge in [-0.25, -0.2) is 8.42 Å². The van der Waals surface area contributed by atoms with E-state index in [1.165, 1.54) is 28.6 Å². The molecular formula is C22H29N3O4S. The number of amides is 2. The fourth-order valence-electron chi connectivity index (χ4n) is 3.00. The van der Waals surface area contributed by atoms with Crippen molar-refractivity contribution in [2.45, 2.75) is 31.6 Å². The van der Waals surface area contributed by atoms with E-state index >= 15 is 0 Å². The van der Waals surface area contributed by atoms with E-state index in [-0.39, 0.29) is 28.8 Å². The van der Waals surface area contributed by atoms with Crippen molar-refractivity contribution >= 4 is 21.8 Å². The molecular weight excluding hydrogens is 402 g/mol. The molecule has 1 atom stereocenters. The molecule has 2 aromatic carbocycles. The highest BCUT2D eigenvalue weighted by atomic mass is 32.2. The van der Waals surface area contributed by atoms with Gasteiger partial charge in [-0.05, 0) is 29.7 Å². The molecule has 0 bridgehead atoms. The van der Waals surface area contributed by atoms with Gasteiger partial charge in [0.25, 0.3) is 5.91 Å². The summed E-state index contributed by atoms with van der Waals surface area (Å²) in [5.74, 6) is -0.663. The first-order valence-corrected chi connectivity index (χ1v) is 11.4. The molecule has 30 heavy (non-hydrogen) atoms. The Morgan fingerprint density at radius 3 is 2.27 bits per heavy atom. The predicted octanol–water partition coefficient (Wildman–Crippen LogP) is 2.37. The molecule has 8 heteroatoms. The summed E-state index contributed by atoms with van der Waals surface area (Å²) in [5.41, 5.74) is 1.31. The lowest BCUT2D eigenvalue weighted by Gasteiger charge is -2.18. The lowest BCUT2D eigenvalue weighted by molar-refractivity contribution is -0.120. The Balaban J connectivity index is 1.93. The summed E-state index contributed by atoms with van der Waals surface area (Å²) < 4.78 is 26.6. The first-order valence-electron chi connectivity index (χ1n) is 9.99. The molecule has 0 aliphatic carbocycles. The van der Waals surface area contributed by atoms with Crippen LogP contribution in [0.25, 0.3) is 0 Å². The molecule has 0 aliphatic rings. The Morgan fingerprint density at radius 2 is 1.63 bits per heavy atom. The summed E-state index contributed by atoms with van der Waals surface area (Å²) in [5, 5.41) is 5.34. The summed E-state index contributed by atoms with van der Waals surface area (Å²) in [6.45, 7) is 6.48. The van der Waals surface area contributed by atoms with E-state index in [1.54, 1.807) is 13.8 Å². The van der Waals surface area contributed by atoms with Crippen LogP contribution in [0.5, 0.6) is 0 Å². The zero-order chi connectivity index (χ0) is 22.1. The number of sulfonamides is 1. The Kier molecular flexibility index (Phi) is 8.56. The minimum absolute atomic E-state index is 0.0555. The van der Waals surface area contributed by atoms with Crippen molar-refractivity contribution in [2.75, 3.05) is 26.2 Å². The Morgan fingerprint density at radius 1 is 0.967 bits per heavy atom. The van der Waals surface area contributed by atoms with Crippen molar-refractivity contribution < 1.29 is 18.0 Å². The van der Waals surface area contributed by atoms with Gasteiger partial charge in [0.15, 0.2) is 0 Å². The Bertz CT molecular complexity index is 957. The quantitative estimate of drug-likeness (QED) is 0.604. The summed E-state index contributed by atoms with van der Waals surface area (Å²) in [4.78, 5) is 24.5. The van der Waals surface area contributed by atoms with E-state index in [0.717, 1.165) is 5.56 Å². The van der Waals surface area contributed by atoms with E-state index in [1.807, 2.05) is 37.3 Å². The van der Waals surface area contributed by atoms with Crippen LogP contribution in [0.2, 0.25) is 0 Å². The van der Waals surface area contributed by atoms with Gasteiger partial charge in [-0.15, -0.1) is 0 Å². The second kappa shape index (κ2) is 10.9. The van der Waals surface area contributed by atoms with Crippen molar-refractivity contribution in [3.63, 3.8) is 0 Å². The Hall–Kier alpha value is -2.71. The first-order chi connectivity index (χ1) is 14.3. The molecule has 0 radical (unpaired) electrons. The molecule has 0 heterocycles. The Labute approximate surface area is 178 Å². The molecule has 2 aromatic rings. The molecule has 0 saturated carbocycles. The number of carbonyl (C=O) groups is 2. The summed E-state index contributed by atoms with van der Waals surface area (Å²) in [6.07, 6.45) is 0. The highest BCUT2D eigenvalue weighted by molar-refractivity contribution is 7.89. The molecule has 0 aromatic heterocycles. The largest absolute Gasteiger partial charge is 0.354 e. The van der Waals surface area contributed by atoms with Gasteiger partial charge in [0.2, 0.25) is 15.9 Å². The second-order valence-electron chi connectivity index (χ2n) is 6.92. The first kappa shape index (κ1) is 23.6. The molecule has 2 N–H and O–H groups in total. The van der Waals surface area contributed by atoms with Crippen molar-refractivity contribution in [3.8, 4) is 0 Å². The van der Waals surface area contributed by atoms with Gasteiger partial charge < -0.3 is 10.6 Å². The zero-order valence-corrected chi connectivity index (χ0v) is 18.4. The van der Waals surface area contributed by atoms with E-state index < -0.39 is 15.9 Å². The highest BCUT2D eigenvalue weighted by Gasteiger charge is 2.22.